The summed E-state index contributed by atoms with van der Waals surface area (Å²) in [4.78, 5) is 2.40. The van der Waals surface area contributed by atoms with Crippen LogP contribution in [0.25, 0.3) is 0 Å². The number of methoxy groups -OCH3 is 1. The number of halogens is 1. The molecule has 0 aliphatic carbocycles. The molecule has 3 nitrogen and oxygen atoms in total. The molecule has 0 amide bonds. The Hall–Kier alpha value is -2.85. The standard InChI is InChI=1S/C24H24FNO2/c1-27-23-13-12-22(25)24-21(23)14-20(17-28-24)26(15-18-8-4-2-5-9-18)16-19-10-6-3-7-11-19/h2-13,20H,14-17H2,1H3. The van der Waals surface area contributed by atoms with Gasteiger partial charge in [-0.25, -0.2) is 4.39 Å². The second kappa shape index (κ2) is 8.44. The first kappa shape index (κ1) is 18.5. The van der Waals surface area contributed by atoms with E-state index in [1.54, 1.807) is 13.2 Å². The van der Waals surface area contributed by atoms with Crippen LogP contribution in [0.2, 0.25) is 0 Å². The molecule has 4 rings (SSSR count). The second-order valence-corrected chi connectivity index (χ2v) is 7.10. The largest absolute Gasteiger partial charge is 0.496 e. The van der Waals surface area contributed by atoms with Crippen LogP contribution in [0.5, 0.6) is 11.5 Å². The van der Waals surface area contributed by atoms with Gasteiger partial charge in [0.2, 0.25) is 0 Å². The minimum absolute atomic E-state index is 0.128. The van der Waals surface area contributed by atoms with Gasteiger partial charge in [-0.1, -0.05) is 60.7 Å². The quantitative estimate of drug-likeness (QED) is 0.614. The third kappa shape index (κ3) is 4.02. The molecule has 1 unspecified atom stereocenters. The minimum Gasteiger partial charge on any atom is -0.496 e. The second-order valence-electron chi connectivity index (χ2n) is 7.10. The van der Waals surface area contributed by atoms with Gasteiger partial charge in [-0.05, 0) is 29.7 Å². The van der Waals surface area contributed by atoms with E-state index in [0.29, 0.717) is 24.5 Å². The van der Waals surface area contributed by atoms with Crippen molar-refractivity contribution in [2.75, 3.05) is 13.7 Å². The molecule has 0 radical (unpaired) electrons. The van der Waals surface area contributed by atoms with E-state index in [-0.39, 0.29) is 11.9 Å². The van der Waals surface area contributed by atoms with E-state index in [4.69, 9.17) is 9.47 Å². The van der Waals surface area contributed by atoms with E-state index in [0.717, 1.165) is 18.7 Å². The zero-order valence-corrected chi connectivity index (χ0v) is 16.0. The van der Waals surface area contributed by atoms with Gasteiger partial charge in [0, 0.05) is 24.7 Å². The van der Waals surface area contributed by atoms with E-state index in [9.17, 15) is 4.39 Å². The summed E-state index contributed by atoms with van der Waals surface area (Å²) in [5.41, 5.74) is 3.30. The SMILES string of the molecule is COc1ccc(F)c2c1CC(N(Cc1ccccc1)Cc1ccccc1)CO2. The van der Waals surface area contributed by atoms with Crippen LogP contribution >= 0.6 is 0 Å². The predicted molar refractivity (Wildman–Crippen MR) is 108 cm³/mol. The van der Waals surface area contributed by atoms with Crippen molar-refractivity contribution in [3.8, 4) is 11.5 Å². The highest BCUT2D eigenvalue weighted by Gasteiger charge is 2.30. The van der Waals surface area contributed by atoms with Crippen molar-refractivity contribution in [3.05, 3.63) is 95.3 Å². The molecular weight excluding hydrogens is 353 g/mol. The molecule has 3 aromatic rings. The zero-order chi connectivity index (χ0) is 19.3. The average molecular weight is 377 g/mol. The lowest BCUT2D eigenvalue weighted by atomic mass is 9.98. The Kier molecular flexibility index (Phi) is 5.58. The van der Waals surface area contributed by atoms with Gasteiger partial charge in [-0.3, -0.25) is 4.90 Å². The van der Waals surface area contributed by atoms with Crippen molar-refractivity contribution >= 4 is 0 Å². The lowest BCUT2D eigenvalue weighted by Crippen LogP contribution is -2.42. The number of rotatable bonds is 6. The molecule has 0 spiro atoms. The summed E-state index contributed by atoms with van der Waals surface area (Å²) in [5.74, 6) is 0.683. The van der Waals surface area contributed by atoms with Crippen LogP contribution in [0.15, 0.2) is 72.8 Å². The maximum absolute atomic E-state index is 14.2. The van der Waals surface area contributed by atoms with Crippen LogP contribution < -0.4 is 9.47 Å². The Morgan fingerprint density at radius 3 is 2.11 bits per heavy atom. The fraction of sp³-hybridized carbons (Fsp3) is 0.250. The van der Waals surface area contributed by atoms with Gasteiger partial charge in [0.15, 0.2) is 11.6 Å². The maximum atomic E-state index is 14.2. The number of benzene rings is 3. The van der Waals surface area contributed by atoms with E-state index >= 15 is 0 Å². The normalized spacial score (nSPS) is 15.8. The number of nitrogens with zero attached hydrogens (tertiary/aromatic N) is 1. The summed E-state index contributed by atoms with van der Waals surface area (Å²) in [6, 6.07) is 24.0. The summed E-state index contributed by atoms with van der Waals surface area (Å²) in [7, 11) is 1.61. The number of ether oxygens (including phenoxy) is 2. The van der Waals surface area contributed by atoms with Gasteiger partial charge < -0.3 is 9.47 Å². The molecule has 0 fully saturated rings. The topological polar surface area (TPSA) is 21.7 Å². The van der Waals surface area contributed by atoms with Crippen LogP contribution in [0, 0.1) is 5.82 Å². The summed E-state index contributed by atoms with van der Waals surface area (Å²) < 4.78 is 25.6. The van der Waals surface area contributed by atoms with E-state index in [1.165, 1.54) is 17.2 Å². The first-order chi connectivity index (χ1) is 13.7. The van der Waals surface area contributed by atoms with Crippen LogP contribution in [0.3, 0.4) is 0 Å². The van der Waals surface area contributed by atoms with Crippen LogP contribution in [-0.4, -0.2) is 24.7 Å². The number of hydrogen-bond donors (Lipinski definition) is 0. The molecule has 144 valence electrons. The Balaban J connectivity index is 1.62. The van der Waals surface area contributed by atoms with Gasteiger partial charge in [-0.2, -0.15) is 0 Å². The molecule has 1 atom stereocenters. The van der Waals surface area contributed by atoms with Crippen molar-refractivity contribution in [2.45, 2.75) is 25.6 Å². The van der Waals surface area contributed by atoms with Crippen molar-refractivity contribution in [3.63, 3.8) is 0 Å². The molecule has 0 aromatic heterocycles. The molecule has 0 N–H and O–H groups in total. The molecule has 0 bridgehead atoms. The molecule has 1 aliphatic rings. The maximum Gasteiger partial charge on any atom is 0.165 e. The van der Waals surface area contributed by atoms with E-state index in [2.05, 4.69) is 53.4 Å². The lowest BCUT2D eigenvalue weighted by molar-refractivity contribution is 0.102. The summed E-state index contributed by atoms with van der Waals surface area (Å²) in [5, 5.41) is 0. The molecule has 4 heteroatoms. The molecule has 0 saturated heterocycles. The van der Waals surface area contributed by atoms with Crippen molar-refractivity contribution < 1.29 is 13.9 Å². The van der Waals surface area contributed by atoms with Crippen LogP contribution in [0.1, 0.15) is 16.7 Å². The fourth-order valence-corrected chi connectivity index (χ4v) is 3.78. The molecule has 28 heavy (non-hydrogen) atoms. The highest BCUT2D eigenvalue weighted by molar-refractivity contribution is 5.47. The minimum atomic E-state index is -0.327. The van der Waals surface area contributed by atoms with Gasteiger partial charge >= 0.3 is 0 Å². The Bertz CT molecular complexity index is 873. The van der Waals surface area contributed by atoms with Crippen molar-refractivity contribution in [2.24, 2.45) is 0 Å². The van der Waals surface area contributed by atoms with Crippen LogP contribution in [-0.2, 0) is 19.5 Å². The Labute approximate surface area is 165 Å². The molecular formula is C24H24FNO2. The summed E-state index contributed by atoms with van der Waals surface area (Å²) in [6.07, 6.45) is 0.690. The van der Waals surface area contributed by atoms with Gasteiger partial charge in [0.25, 0.3) is 0 Å². The predicted octanol–water partition coefficient (Wildman–Crippen LogP) is 4.84. The summed E-state index contributed by atoms with van der Waals surface area (Å²) >= 11 is 0. The zero-order valence-electron chi connectivity index (χ0n) is 16.0. The third-order valence-electron chi connectivity index (χ3n) is 5.22. The van der Waals surface area contributed by atoms with Crippen molar-refractivity contribution in [1.29, 1.82) is 0 Å². The first-order valence-corrected chi connectivity index (χ1v) is 9.54. The number of hydrogen-bond acceptors (Lipinski definition) is 3. The number of fused-ring (bicyclic) bond motifs is 1. The van der Waals surface area contributed by atoms with Crippen LogP contribution in [0.4, 0.5) is 4.39 Å². The van der Waals surface area contributed by atoms with Crippen molar-refractivity contribution in [1.82, 2.24) is 4.90 Å². The highest BCUT2D eigenvalue weighted by Crippen LogP contribution is 2.36. The Morgan fingerprint density at radius 2 is 1.54 bits per heavy atom. The third-order valence-corrected chi connectivity index (χ3v) is 5.22. The van der Waals surface area contributed by atoms with E-state index in [1.807, 2.05) is 12.1 Å². The fourth-order valence-electron chi connectivity index (χ4n) is 3.78. The monoisotopic (exact) mass is 377 g/mol. The summed E-state index contributed by atoms with van der Waals surface area (Å²) in [6.45, 7) is 2.06. The van der Waals surface area contributed by atoms with Gasteiger partial charge in [0.05, 0.1) is 7.11 Å². The van der Waals surface area contributed by atoms with Gasteiger partial charge in [0.1, 0.15) is 12.4 Å². The average Bonchev–Trinajstić information content (AvgIpc) is 2.75. The molecule has 0 saturated carbocycles. The van der Waals surface area contributed by atoms with Gasteiger partial charge in [-0.15, -0.1) is 0 Å². The molecule has 1 heterocycles. The molecule has 3 aromatic carbocycles. The first-order valence-electron chi connectivity index (χ1n) is 9.54. The smallest absolute Gasteiger partial charge is 0.165 e. The lowest BCUT2D eigenvalue weighted by Gasteiger charge is -2.35. The highest BCUT2D eigenvalue weighted by atomic mass is 19.1. The molecule has 1 aliphatic heterocycles. The van der Waals surface area contributed by atoms with E-state index < -0.39 is 0 Å². The Morgan fingerprint density at radius 1 is 0.929 bits per heavy atom.